The van der Waals surface area contributed by atoms with Gasteiger partial charge in [-0.15, -0.1) is 6.42 Å². The van der Waals surface area contributed by atoms with E-state index in [0.717, 1.165) is 43.0 Å². The molecule has 4 rings (SSSR count). The summed E-state index contributed by atoms with van der Waals surface area (Å²) in [7, 11) is 0. The quantitative estimate of drug-likeness (QED) is 0.767. The van der Waals surface area contributed by atoms with E-state index < -0.39 is 0 Å². The Morgan fingerprint density at radius 3 is 2.43 bits per heavy atom. The number of imidazole rings is 1. The standard InChI is InChI=1S/C25H35N3O2/c1-2-15-27-23-12-8-9-13-24(23)28(25(27)30)22-14-16-26(18-21(22)19-29)17-20-10-6-4-3-5-7-11-20/h1,8-9,12-13,20-22,29H,3-7,10-11,14-19H2. The molecule has 2 unspecified atom stereocenters. The first kappa shape index (κ1) is 21.2. The Balaban J connectivity index is 1.53. The van der Waals surface area contributed by atoms with Crippen LogP contribution in [-0.4, -0.2) is 45.4 Å². The molecule has 0 radical (unpaired) electrons. The van der Waals surface area contributed by atoms with Crippen molar-refractivity contribution >= 4 is 11.0 Å². The van der Waals surface area contributed by atoms with Crippen LogP contribution in [0.4, 0.5) is 0 Å². The van der Waals surface area contributed by atoms with Gasteiger partial charge >= 0.3 is 5.69 Å². The van der Waals surface area contributed by atoms with E-state index in [4.69, 9.17) is 6.42 Å². The topological polar surface area (TPSA) is 50.4 Å². The molecule has 5 heteroatoms. The van der Waals surface area contributed by atoms with Gasteiger partial charge in [0.1, 0.15) is 0 Å². The minimum atomic E-state index is -0.0499. The fourth-order valence-corrected chi connectivity index (χ4v) is 5.67. The van der Waals surface area contributed by atoms with Crippen molar-refractivity contribution in [1.29, 1.82) is 0 Å². The van der Waals surface area contributed by atoms with Crippen LogP contribution in [0.3, 0.4) is 0 Å². The number of likely N-dealkylation sites (tertiary alicyclic amines) is 1. The van der Waals surface area contributed by atoms with E-state index in [9.17, 15) is 9.90 Å². The zero-order valence-corrected chi connectivity index (χ0v) is 18.0. The van der Waals surface area contributed by atoms with Crippen molar-refractivity contribution in [2.75, 3.05) is 26.2 Å². The third-order valence-electron chi connectivity index (χ3n) is 7.20. The van der Waals surface area contributed by atoms with Crippen molar-refractivity contribution in [3.05, 3.63) is 34.7 Å². The van der Waals surface area contributed by atoms with E-state index in [1.807, 2.05) is 28.8 Å². The van der Waals surface area contributed by atoms with Gasteiger partial charge in [-0.3, -0.25) is 9.13 Å². The average Bonchev–Trinajstić information content (AvgIpc) is 3.02. The molecule has 1 aliphatic heterocycles. The van der Waals surface area contributed by atoms with E-state index in [2.05, 4.69) is 10.8 Å². The predicted octanol–water partition coefficient (Wildman–Crippen LogP) is 3.65. The summed E-state index contributed by atoms with van der Waals surface area (Å²) in [5.41, 5.74) is 1.76. The fourth-order valence-electron chi connectivity index (χ4n) is 5.67. The molecule has 5 nitrogen and oxygen atoms in total. The lowest BCUT2D eigenvalue weighted by Crippen LogP contribution is -2.46. The van der Waals surface area contributed by atoms with Crippen molar-refractivity contribution < 1.29 is 5.11 Å². The number of aromatic nitrogens is 2. The molecule has 1 saturated heterocycles. The summed E-state index contributed by atoms with van der Waals surface area (Å²) in [6.07, 6.45) is 15.9. The molecule has 1 aliphatic carbocycles. The van der Waals surface area contributed by atoms with Crippen molar-refractivity contribution in [1.82, 2.24) is 14.0 Å². The Morgan fingerprint density at radius 1 is 1.03 bits per heavy atom. The Hall–Kier alpha value is -2.03. The predicted molar refractivity (Wildman–Crippen MR) is 122 cm³/mol. The van der Waals surface area contributed by atoms with Gasteiger partial charge in [0.2, 0.25) is 0 Å². The Bertz CT molecular complexity index is 930. The third-order valence-corrected chi connectivity index (χ3v) is 7.20. The SMILES string of the molecule is C#CCn1c(=O)n(C2CCN(CC3CCCCCCC3)CC2CO)c2ccccc21. The number of piperidine rings is 1. The molecule has 1 N–H and O–H groups in total. The van der Waals surface area contributed by atoms with Crippen molar-refractivity contribution in [2.45, 2.75) is 64.0 Å². The van der Waals surface area contributed by atoms with Crippen molar-refractivity contribution in [3.8, 4) is 12.3 Å². The van der Waals surface area contributed by atoms with E-state index in [-0.39, 0.29) is 30.8 Å². The number of terminal acetylenes is 1. The zero-order chi connectivity index (χ0) is 20.9. The summed E-state index contributed by atoms with van der Waals surface area (Å²) in [4.78, 5) is 15.8. The van der Waals surface area contributed by atoms with Gasteiger partial charge in [0.15, 0.2) is 0 Å². The summed E-state index contributed by atoms with van der Waals surface area (Å²) in [5, 5.41) is 10.2. The largest absolute Gasteiger partial charge is 0.396 e. The smallest absolute Gasteiger partial charge is 0.330 e. The lowest BCUT2D eigenvalue weighted by Gasteiger charge is -2.40. The van der Waals surface area contributed by atoms with Crippen LogP contribution in [0.2, 0.25) is 0 Å². The van der Waals surface area contributed by atoms with E-state index in [1.165, 1.54) is 44.9 Å². The van der Waals surface area contributed by atoms with Gasteiger partial charge in [0, 0.05) is 38.2 Å². The number of hydrogen-bond donors (Lipinski definition) is 1. The van der Waals surface area contributed by atoms with Crippen LogP contribution in [-0.2, 0) is 6.54 Å². The molecule has 30 heavy (non-hydrogen) atoms. The van der Waals surface area contributed by atoms with Gasteiger partial charge in [-0.25, -0.2) is 4.79 Å². The molecule has 2 atom stereocenters. The molecule has 1 aromatic carbocycles. The molecule has 2 heterocycles. The van der Waals surface area contributed by atoms with Gasteiger partial charge in [0.05, 0.1) is 17.6 Å². The Morgan fingerprint density at radius 2 is 1.73 bits per heavy atom. The molecule has 2 fully saturated rings. The number of para-hydroxylation sites is 2. The number of nitrogens with zero attached hydrogens (tertiary/aromatic N) is 3. The van der Waals surface area contributed by atoms with Crippen molar-refractivity contribution in [2.24, 2.45) is 11.8 Å². The average molecular weight is 410 g/mol. The van der Waals surface area contributed by atoms with Crippen LogP contribution in [0, 0.1) is 24.2 Å². The maximum atomic E-state index is 13.2. The van der Waals surface area contributed by atoms with E-state index >= 15 is 0 Å². The van der Waals surface area contributed by atoms with Gasteiger partial charge in [-0.2, -0.15) is 0 Å². The summed E-state index contributed by atoms with van der Waals surface area (Å²) in [6, 6.07) is 7.89. The van der Waals surface area contributed by atoms with Gasteiger partial charge in [-0.05, 0) is 37.3 Å². The molecule has 1 saturated carbocycles. The highest BCUT2D eigenvalue weighted by Gasteiger charge is 2.33. The number of benzene rings is 1. The summed E-state index contributed by atoms with van der Waals surface area (Å²) >= 11 is 0. The second kappa shape index (κ2) is 9.85. The highest BCUT2D eigenvalue weighted by atomic mass is 16.3. The monoisotopic (exact) mass is 409 g/mol. The first-order valence-electron chi connectivity index (χ1n) is 11.7. The Kier molecular flexibility index (Phi) is 6.97. The fraction of sp³-hybridized carbons (Fsp3) is 0.640. The minimum absolute atomic E-state index is 0.0139. The summed E-state index contributed by atoms with van der Waals surface area (Å²) < 4.78 is 3.59. The third kappa shape index (κ3) is 4.36. The summed E-state index contributed by atoms with van der Waals surface area (Å²) in [5.74, 6) is 3.46. The maximum absolute atomic E-state index is 13.2. The van der Waals surface area contributed by atoms with Crippen molar-refractivity contribution in [3.63, 3.8) is 0 Å². The molecule has 0 amide bonds. The zero-order valence-electron chi connectivity index (χ0n) is 18.0. The number of fused-ring (bicyclic) bond motifs is 1. The molecular weight excluding hydrogens is 374 g/mol. The molecule has 162 valence electrons. The molecule has 0 bridgehead atoms. The lowest BCUT2D eigenvalue weighted by molar-refractivity contribution is 0.0647. The van der Waals surface area contributed by atoms with Crippen LogP contribution in [0.25, 0.3) is 11.0 Å². The van der Waals surface area contributed by atoms with Gasteiger partial charge < -0.3 is 10.0 Å². The first-order valence-corrected chi connectivity index (χ1v) is 11.7. The normalized spacial score (nSPS) is 24.4. The number of hydrogen-bond acceptors (Lipinski definition) is 3. The highest BCUT2D eigenvalue weighted by molar-refractivity contribution is 5.76. The second-order valence-corrected chi connectivity index (χ2v) is 9.20. The lowest BCUT2D eigenvalue weighted by atomic mass is 9.88. The van der Waals surface area contributed by atoms with Crippen LogP contribution in [0.1, 0.15) is 57.4 Å². The Labute approximate surface area is 179 Å². The van der Waals surface area contributed by atoms with Gasteiger partial charge in [0.25, 0.3) is 0 Å². The molecule has 2 aliphatic rings. The minimum Gasteiger partial charge on any atom is -0.396 e. The molecular formula is C25H35N3O2. The van der Waals surface area contributed by atoms with Crippen LogP contribution >= 0.6 is 0 Å². The molecule has 2 aromatic rings. The number of rotatable bonds is 5. The maximum Gasteiger partial charge on any atom is 0.330 e. The van der Waals surface area contributed by atoms with Gasteiger partial charge in [-0.1, -0.05) is 50.2 Å². The van der Waals surface area contributed by atoms with E-state index in [0.29, 0.717) is 0 Å². The van der Waals surface area contributed by atoms with E-state index in [1.54, 1.807) is 4.57 Å². The second-order valence-electron chi connectivity index (χ2n) is 9.20. The number of aliphatic hydroxyl groups excluding tert-OH is 1. The summed E-state index contributed by atoms with van der Waals surface area (Å²) in [6.45, 7) is 3.36. The molecule has 1 aromatic heterocycles. The first-order chi connectivity index (χ1) is 14.7. The van der Waals surface area contributed by atoms with Crippen LogP contribution < -0.4 is 5.69 Å². The molecule has 0 spiro atoms. The van der Waals surface area contributed by atoms with Crippen LogP contribution in [0.5, 0.6) is 0 Å². The highest BCUT2D eigenvalue weighted by Crippen LogP contribution is 2.32. The van der Waals surface area contributed by atoms with Crippen LogP contribution in [0.15, 0.2) is 29.1 Å². The number of aliphatic hydroxyl groups is 1.